The number of carbonyl (C=O) groups excluding carboxylic acids is 1. The third-order valence-corrected chi connectivity index (χ3v) is 6.36. The van der Waals surface area contributed by atoms with Gasteiger partial charge in [-0.3, -0.25) is 4.79 Å². The van der Waals surface area contributed by atoms with Gasteiger partial charge in [0.15, 0.2) is 0 Å². The molecule has 1 aromatic rings. The highest BCUT2D eigenvalue weighted by Crippen LogP contribution is 2.61. The van der Waals surface area contributed by atoms with Gasteiger partial charge in [0.2, 0.25) is 0 Å². The van der Waals surface area contributed by atoms with E-state index < -0.39 is 0 Å². The molecule has 1 aromatic heterocycles. The number of amides is 1. The average molecular weight is 290 g/mol. The summed E-state index contributed by atoms with van der Waals surface area (Å²) in [5, 5.41) is 4.88. The highest BCUT2D eigenvalue weighted by atomic mass is 32.1. The molecule has 0 atom stereocenters. The van der Waals surface area contributed by atoms with E-state index in [1.54, 1.807) is 5.51 Å². The van der Waals surface area contributed by atoms with Crippen molar-refractivity contribution < 1.29 is 4.79 Å². The van der Waals surface area contributed by atoms with Crippen LogP contribution in [0.2, 0.25) is 0 Å². The Morgan fingerprint density at radius 1 is 1.25 bits per heavy atom. The van der Waals surface area contributed by atoms with E-state index in [1.165, 1.54) is 56.3 Å². The van der Waals surface area contributed by atoms with Crippen molar-refractivity contribution in [1.82, 2.24) is 10.3 Å². The lowest BCUT2D eigenvalue weighted by atomic mass is 9.49. The van der Waals surface area contributed by atoms with Gasteiger partial charge in [-0.1, -0.05) is 0 Å². The molecule has 5 rings (SSSR count). The number of aromatic nitrogens is 1. The minimum absolute atomic E-state index is 0.00372. The SMILES string of the molecule is O=C(NCCC12CC3CC(CC(C3)C1)C2)c1cscn1. The molecule has 20 heavy (non-hydrogen) atoms. The molecule has 4 saturated carbocycles. The van der Waals surface area contributed by atoms with E-state index in [0.29, 0.717) is 11.1 Å². The second kappa shape index (κ2) is 4.83. The molecule has 108 valence electrons. The Bertz CT molecular complexity index is 461. The summed E-state index contributed by atoms with van der Waals surface area (Å²) in [4.78, 5) is 16.0. The number of hydrogen-bond donors (Lipinski definition) is 1. The molecule has 1 amide bonds. The summed E-state index contributed by atoms with van der Waals surface area (Å²) in [5.41, 5.74) is 2.85. The van der Waals surface area contributed by atoms with E-state index in [1.807, 2.05) is 5.38 Å². The largest absolute Gasteiger partial charge is 0.351 e. The number of thiazole rings is 1. The van der Waals surface area contributed by atoms with E-state index in [2.05, 4.69) is 10.3 Å². The van der Waals surface area contributed by atoms with Gasteiger partial charge in [0, 0.05) is 11.9 Å². The Morgan fingerprint density at radius 3 is 2.45 bits per heavy atom. The van der Waals surface area contributed by atoms with Gasteiger partial charge < -0.3 is 5.32 Å². The molecule has 1 N–H and O–H groups in total. The van der Waals surface area contributed by atoms with Gasteiger partial charge in [-0.15, -0.1) is 11.3 Å². The highest BCUT2D eigenvalue weighted by molar-refractivity contribution is 7.07. The van der Waals surface area contributed by atoms with Gasteiger partial charge in [0.25, 0.3) is 5.91 Å². The van der Waals surface area contributed by atoms with Crippen molar-refractivity contribution in [3.63, 3.8) is 0 Å². The number of carbonyl (C=O) groups is 1. The van der Waals surface area contributed by atoms with Crippen LogP contribution in [-0.4, -0.2) is 17.4 Å². The number of nitrogens with one attached hydrogen (secondary N) is 1. The molecule has 4 heteroatoms. The number of nitrogens with zero attached hydrogens (tertiary/aromatic N) is 1. The quantitative estimate of drug-likeness (QED) is 0.922. The fourth-order valence-electron chi connectivity index (χ4n) is 5.45. The molecular formula is C16H22N2OS. The summed E-state index contributed by atoms with van der Waals surface area (Å²) in [6.45, 7) is 0.822. The molecule has 0 unspecified atom stereocenters. The average Bonchev–Trinajstić information content (AvgIpc) is 2.90. The van der Waals surface area contributed by atoms with Crippen LogP contribution in [-0.2, 0) is 0 Å². The van der Waals surface area contributed by atoms with E-state index >= 15 is 0 Å². The fraction of sp³-hybridized carbons (Fsp3) is 0.750. The van der Waals surface area contributed by atoms with Gasteiger partial charge in [0.05, 0.1) is 5.51 Å². The normalized spacial score (nSPS) is 38.1. The van der Waals surface area contributed by atoms with Crippen LogP contribution in [0, 0.1) is 23.2 Å². The van der Waals surface area contributed by atoms with Crippen molar-refractivity contribution in [2.75, 3.05) is 6.54 Å². The van der Waals surface area contributed by atoms with Crippen molar-refractivity contribution in [3.05, 3.63) is 16.6 Å². The molecular weight excluding hydrogens is 268 g/mol. The van der Waals surface area contributed by atoms with Crippen LogP contribution in [0.1, 0.15) is 55.4 Å². The van der Waals surface area contributed by atoms with Crippen LogP contribution < -0.4 is 5.32 Å². The summed E-state index contributed by atoms with van der Waals surface area (Å²) in [5.74, 6) is 2.98. The zero-order chi connectivity index (χ0) is 13.6. The van der Waals surface area contributed by atoms with Crippen molar-refractivity contribution in [1.29, 1.82) is 0 Å². The first kappa shape index (κ1) is 12.8. The van der Waals surface area contributed by atoms with Crippen molar-refractivity contribution in [3.8, 4) is 0 Å². The van der Waals surface area contributed by atoms with E-state index in [-0.39, 0.29) is 5.91 Å². The Hall–Kier alpha value is -0.900. The van der Waals surface area contributed by atoms with Crippen LogP contribution in [0.5, 0.6) is 0 Å². The fourth-order valence-corrected chi connectivity index (χ4v) is 5.98. The molecule has 4 bridgehead atoms. The van der Waals surface area contributed by atoms with Gasteiger partial charge >= 0.3 is 0 Å². The first-order chi connectivity index (χ1) is 9.72. The van der Waals surface area contributed by atoms with E-state index in [9.17, 15) is 4.79 Å². The monoisotopic (exact) mass is 290 g/mol. The first-order valence-corrected chi connectivity index (χ1v) is 8.83. The summed E-state index contributed by atoms with van der Waals surface area (Å²) in [7, 11) is 0. The minimum Gasteiger partial charge on any atom is -0.351 e. The van der Waals surface area contributed by atoms with Crippen molar-refractivity contribution in [2.24, 2.45) is 23.2 Å². The Morgan fingerprint density at radius 2 is 1.90 bits per heavy atom. The van der Waals surface area contributed by atoms with Crippen LogP contribution >= 0.6 is 11.3 Å². The third kappa shape index (κ3) is 2.28. The van der Waals surface area contributed by atoms with Crippen molar-refractivity contribution in [2.45, 2.75) is 44.9 Å². The smallest absolute Gasteiger partial charge is 0.270 e. The predicted molar refractivity (Wildman–Crippen MR) is 79.7 cm³/mol. The molecule has 0 saturated heterocycles. The standard InChI is InChI=1S/C16H22N2OS/c19-15(14-9-20-10-18-14)17-2-1-16-6-11-3-12(7-16)5-13(4-11)8-16/h9-13H,1-8H2,(H,17,19). The molecule has 4 aliphatic carbocycles. The van der Waals surface area contributed by atoms with Gasteiger partial charge in [-0.2, -0.15) is 0 Å². The lowest BCUT2D eigenvalue weighted by Gasteiger charge is -2.57. The van der Waals surface area contributed by atoms with Crippen LogP contribution in [0.25, 0.3) is 0 Å². The number of hydrogen-bond acceptors (Lipinski definition) is 3. The van der Waals surface area contributed by atoms with Crippen LogP contribution in [0.4, 0.5) is 0 Å². The highest BCUT2D eigenvalue weighted by Gasteiger charge is 2.50. The zero-order valence-electron chi connectivity index (χ0n) is 11.8. The second-order valence-corrected chi connectivity index (χ2v) is 8.02. The lowest BCUT2D eigenvalue weighted by molar-refractivity contribution is -0.0564. The van der Waals surface area contributed by atoms with Crippen LogP contribution in [0.15, 0.2) is 10.9 Å². The maximum absolute atomic E-state index is 11.9. The summed E-state index contributed by atoms with van der Waals surface area (Å²) >= 11 is 1.48. The predicted octanol–water partition coefficient (Wildman–Crippen LogP) is 3.48. The van der Waals surface area contributed by atoms with Gasteiger partial charge in [0.1, 0.15) is 5.69 Å². The van der Waals surface area contributed by atoms with Crippen molar-refractivity contribution >= 4 is 17.2 Å². The molecule has 4 aliphatic rings. The molecule has 0 aliphatic heterocycles. The molecule has 0 aromatic carbocycles. The summed E-state index contributed by atoms with van der Waals surface area (Å²) < 4.78 is 0. The van der Waals surface area contributed by atoms with E-state index in [0.717, 1.165) is 24.3 Å². The Labute approximate surface area is 124 Å². The topological polar surface area (TPSA) is 42.0 Å². The Kier molecular flexibility index (Phi) is 3.09. The molecule has 0 radical (unpaired) electrons. The minimum atomic E-state index is -0.00372. The molecule has 4 fully saturated rings. The lowest BCUT2D eigenvalue weighted by Crippen LogP contribution is -2.47. The Balaban J connectivity index is 1.34. The second-order valence-electron chi connectivity index (χ2n) is 7.30. The zero-order valence-corrected chi connectivity index (χ0v) is 12.6. The van der Waals surface area contributed by atoms with Crippen LogP contribution in [0.3, 0.4) is 0 Å². The maximum Gasteiger partial charge on any atom is 0.270 e. The number of rotatable bonds is 4. The summed E-state index contributed by atoms with van der Waals surface area (Å²) in [6.07, 6.45) is 9.91. The third-order valence-electron chi connectivity index (χ3n) is 5.77. The summed E-state index contributed by atoms with van der Waals surface area (Å²) in [6, 6.07) is 0. The maximum atomic E-state index is 11.9. The first-order valence-electron chi connectivity index (χ1n) is 7.89. The molecule has 1 heterocycles. The molecule has 0 spiro atoms. The molecule has 3 nitrogen and oxygen atoms in total. The van der Waals surface area contributed by atoms with E-state index in [4.69, 9.17) is 0 Å². The van der Waals surface area contributed by atoms with Gasteiger partial charge in [-0.05, 0) is 68.1 Å². The van der Waals surface area contributed by atoms with Gasteiger partial charge in [-0.25, -0.2) is 4.98 Å².